The summed E-state index contributed by atoms with van der Waals surface area (Å²) in [6.07, 6.45) is 9.24. The number of fused-ring (bicyclic) bond motifs is 4. The first-order valence-electron chi connectivity index (χ1n) is 19.0. The molecular weight excluding hydrogens is 777 g/mol. The molecule has 2 heterocycles. The number of aryl methyl sites for hydroxylation is 2. The van der Waals surface area contributed by atoms with Crippen molar-refractivity contribution in [3.8, 4) is 0 Å². The zero-order chi connectivity index (χ0) is 42.3. The van der Waals surface area contributed by atoms with Crippen molar-refractivity contribution in [2.45, 2.75) is 85.5 Å². The van der Waals surface area contributed by atoms with Crippen LogP contribution >= 0.6 is 7.52 Å². The summed E-state index contributed by atoms with van der Waals surface area (Å²) in [5, 5.41) is 5.87. The first kappa shape index (κ1) is 45.8. The van der Waals surface area contributed by atoms with Gasteiger partial charge in [-0.25, -0.2) is 27.9 Å². The Morgan fingerprint density at radius 1 is 0.750 bits per heavy atom. The summed E-state index contributed by atoms with van der Waals surface area (Å²) in [7, 11) is -1.76. The second kappa shape index (κ2) is 17.1. The Balaban J connectivity index is 0.000000237. The molecule has 0 radical (unpaired) electrons. The van der Waals surface area contributed by atoms with Gasteiger partial charge in [0, 0.05) is 51.1 Å². The molecule has 2 atom stereocenters. The molecule has 3 aromatic rings. The molecule has 6 rings (SSSR count). The van der Waals surface area contributed by atoms with E-state index in [1.54, 1.807) is 17.5 Å². The Bertz CT molecular complexity index is 2120. The quantitative estimate of drug-likeness (QED) is 0.210. The maximum atomic E-state index is 14.9. The van der Waals surface area contributed by atoms with Gasteiger partial charge in [0.15, 0.2) is 5.71 Å². The topological polar surface area (TPSA) is 128 Å². The highest BCUT2D eigenvalue weighted by Gasteiger charge is 2.50. The molecule has 0 amide bonds. The van der Waals surface area contributed by atoms with Crippen molar-refractivity contribution in [3.63, 3.8) is 0 Å². The first-order chi connectivity index (χ1) is 25.7. The van der Waals surface area contributed by atoms with Crippen LogP contribution < -0.4 is 39.1 Å². The molecule has 0 saturated carbocycles. The third kappa shape index (κ3) is 9.50. The van der Waals surface area contributed by atoms with Gasteiger partial charge in [-0.1, -0.05) is 79.8 Å². The second-order valence-electron chi connectivity index (χ2n) is 17.0. The maximum Gasteiger partial charge on any atom is 0.284 e. The molecule has 0 aromatic heterocycles. The third-order valence-corrected chi connectivity index (χ3v) is 21.5. The standard InChI is InChI=1S/C25H39N2O2PSi.C18H22NSi.ClHO4/c1-17(2)27(18(3)4)30(28,29-8)25-21-13-11-19(5)15-23(21)31(9,10)24-16-20(26(6)7)12-14-22(24)25;1-13-6-7-14-11-15-8-9-16(19(2)3)12-18(15)20(4,5)17(14)10-13;2-1(3,4)5/h11-18,25H,1-10H3;6-12H,1-5H3;(H,2,3,4,5)/q;+1;/p-1. The van der Waals surface area contributed by atoms with Crippen molar-refractivity contribution in [3.05, 3.63) is 111 Å². The average Bonchev–Trinajstić information content (AvgIpc) is 3.08. The molecule has 3 aromatic carbocycles. The molecule has 0 fully saturated rings. The van der Waals surface area contributed by atoms with Gasteiger partial charge in [-0.05, 0) is 109 Å². The lowest BCUT2D eigenvalue weighted by Gasteiger charge is -2.46. The molecule has 3 aliphatic rings. The van der Waals surface area contributed by atoms with Crippen molar-refractivity contribution in [2.24, 2.45) is 0 Å². The van der Waals surface area contributed by atoms with E-state index in [1.165, 1.54) is 55.2 Å². The third-order valence-electron chi connectivity index (χ3n) is 11.1. The lowest BCUT2D eigenvalue weighted by atomic mass is 10.0. The van der Waals surface area contributed by atoms with E-state index in [9.17, 15) is 4.57 Å². The second-order valence-corrected chi connectivity index (χ2v) is 28.9. The van der Waals surface area contributed by atoms with E-state index < -0.39 is 33.9 Å². The fourth-order valence-corrected chi connectivity index (χ4v) is 18.2. The minimum Gasteiger partial charge on any atom is -0.378 e. The van der Waals surface area contributed by atoms with Gasteiger partial charge >= 0.3 is 0 Å². The summed E-state index contributed by atoms with van der Waals surface area (Å²) in [6, 6.07) is 20.5. The van der Waals surface area contributed by atoms with E-state index >= 15 is 0 Å². The number of hydrogen-bond donors (Lipinski definition) is 0. The smallest absolute Gasteiger partial charge is 0.284 e. The Labute approximate surface area is 339 Å². The maximum absolute atomic E-state index is 14.9. The van der Waals surface area contributed by atoms with Crippen LogP contribution in [-0.2, 0) is 9.09 Å². The zero-order valence-corrected chi connectivity index (χ0v) is 39.5. The van der Waals surface area contributed by atoms with E-state index in [1.807, 2.05) is 0 Å². The monoisotopic (exact) mass is 837 g/mol. The first-order valence-corrected chi connectivity index (χ1v) is 27.9. The molecule has 2 unspecified atom stereocenters. The fraction of sp³-hybridized carbons (Fsp3) is 0.419. The van der Waals surface area contributed by atoms with E-state index in [2.05, 4.69) is 189 Å². The van der Waals surface area contributed by atoms with Crippen LogP contribution in [0.2, 0.25) is 26.2 Å². The van der Waals surface area contributed by atoms with Crippen molar-refractivity contribution < 1.29 is 42.5 Å². The van der Waals surface area contributed by atoms with Crippen LogP contribution in [0.1, 0.15) is 61.2 Å². The van der Waals surface area contributed by atoms with Crippen molar-refractivity contribution >= 4 is 56.7 Å². The van der Waals surface area contributed by atoms with Gasteiger partial charge in [0.2, 0.25) is 0 Å². The Hall–Kier alpha value is -2.94. The van der Waals surface area contributed by atoms with E-state index in [0.717, 1.165) is 0 Å². The predicted molar refractivity (Wildman–Crippen MR) is 228 cm³/mol. The van der Waals surface area contributed by atoms with Crippen LogP contribution in [0.3, 0.4) is 0 Å². The highest BCUT2D eigenvalue weighted by molar-refractivity contribution is 7.57. The normalized spacial score (nSPS) is 18.5. The molecule has 0 bridgehead atoms. The van der Waals surface area contributed by atoms with Crippen LogP contribution in [0.4, 0.5) is 5.69 Å². The van der Waals surface area contributed by atoms with Gasteiger partial charge in [0.25, 0.3) is 7.52 Å². The van der Waals surface area contributed by atoms with Crippen molar-refractivity contribution in [2.75, 3.05) is 40.2 Å². The average molecular weight is 839 g/mol. The zero-order valence-electron chi connectivity index (χ0n) is 35.9. The van der Waals surface area contributed by atoms with Crippen LogP contribution in [-0.4, -0.2) is 78.5 Å². The summed E-state index contributed by atoms with van der Waals surface area (Å²) in [5.74, 6) is 0. The van der Waals surface area contributed by atoms with E-state index in [-0.39, 0.29) is 17.7 Å². The largest absolute Gasteiger partial charge is 0.378 e. The molecule has 9 nitrogen and oxygen atoms in total. The van der Waals surface area contributed by atoms with Crippen LogP contribution in [0, 0.1) is 24.1 Å². The number of rotatable bonds is 6. The number of anilines is 1. The van der Waals surface area contributed by atoms with E-state index in [0.29, 0.717) is 0 Å². The lowest BCUT2D eigenvalue weighted by molar-refractivity contribution is -2.00. The van der Waals surface area contributed by atoms with E-state index in [4.69, 9.17) is 23.2 Å². The molecule has 0 spiro atoms. The summed E-state index contributed by atoms with van der Waals surface area (Å²) < 4.78 is 59.2. The molecule has 56 heavy (non-hydrogen) atoms. The minimum absolute atomic E-state index is 0.108. The van der Waals surface area contributed by atoms with Gasteiger partial charge in [0.1, 0.15) is 30.2 Å². The summed E-state index contributed by atoms with van der Waals surface area (Å²) >= 11 is 0. The van der Waals surface area contributed by atoms with Gasteiger partial charge in [-0.3, -0.25) is 4.57 Å². The molecule has 304 valence electrons. The highest BCUT2D eigenvalue weighted by Crippen LogP contribution is 2.66. The Kier molecular flexibility index (Phi) is 14.0. The fourth-order valence-electron chi connectivity index (χ4n) is 8.43. The number of benzene rings is 3. The van der Waals surface area contributed by atoms with Gasteiger partial charge in [0.05, 0.1) is 5.66 Å². The van der Waals surface area contributed by atoms with Gasteiger partial charge < -0.3 is 9.42 Å². The SMILES string of the molecule is COP(=O)(C1c2ccc(C)cc2[Si](C)(C)c2cc(N(C)C)ccc21)N(C(C)C)C(C)C.Cc1ccc2c(c1)[Si](C)(C)C1=CC(=[N+](C)C)C=CC1=C2.[O-][Cl+3]([O-])([O-])[O-]. The molecule has 0 saturated heterocycles. The van der Waals surface area contributed by atoms with Crippen LogP contribution in [0.25, 0.3) is 6.08 Å². The lowest BCUT2D eigenvalue weighted by Crippen LogP contribution is -2.68. The Morgan fingerprint density at radius 3 is 1.75 bits per heavy atom. The van der Waals surface area contributed by atoms with Gasteiger partial charge in [-0.2, -0.15) is 0 Å². The number of allylic oxidation sites excluding steroid dienone is 5. The van der Waals surface area contributed by atoms with Gasteiger partial charge in [-0.15, -0.1) is 10.2 Å². The predicted octanol–water partition coefficient (Wildman–Crippen LogP) is 3.54. The highest BCUT2D eigenvalue weighted by atomic mass is 35.7. The van der Waals surface area contributed by atoms with Crippen LogP contribution in [0.5, 0.6) is 0 Å². The Morgan fingerprint density at radius 2 is 1.25 bits per heavy atom. The van der Waals surface area contributed by atoms with Crippen molar-refractivity contribution in [1.82, 2.24) is 4.67 Å². The molecule has 2 aliphatic heterocycles. The molecular formula is C43H61ClN3O6PSi2. The molecule has 1 aliphatic carbocycles. The number of nitrogens with zero attached hydrogens (tertiary/aromatic N) is 3. The van der Waals surface area contributed by atoms with Crippen LogP contribution in [0.15, 0.2) is 83.6 Å². The van der Waals surface area contributed by atoms with Crippen molar-refractivity contribution in [1.29, 1.82) is 0 Å². The molecule has 0 N–H and O–H groups in total. The summed E-state index contributed by atoms with van der Waals surface area (Å²) in [6.45, 7) is 22.6. The summed E-state index contributed by atoms with van der Waals surface area (Å²) in [5.41, 5.74) is 10.00. The number of halogens is 1. The minimum atomic E-state index is -4.94. The number of hydrogen-bond acceptors (Lipinski definition) is 7. The molecule has 13 heteroatoms. The summed E-state index contributed by atoms with van der Waals surface area (Å²) in [4.78, 5) is 2.15.